The zero-order valence-electron chi connectivity index (χ0n) is 12.6. The Labute approximate surface area is 137 Å². The maximum absolute atomic E-state index is 11.7. The van der Waals surface area contributed by atoms with Crippen LogP contribution in [-0.2, 0) is 12.2 Å². The zero-order chi connectivity index (χ0) is 16.2. The lowest BCUT2D eigenvalue weighted by atomic mass is 10.1. The highest BCUT2D eigenvalue weighted by atomic mass is 32.2. The molecule has 0 fully saturated rings. The fourth-order valence-electron chi connectivity index (χ4n) is 2.40. The number of nitrogens with one attached hydrogen (secondary N) is 1. The van der Waals surface area contributed by atoms with E-state index in [1.807, 2.05) is 22.6 Å². The van der Waals surface area contributed by atoms with Crippen molar-refractivity contribution in [1.29, 1.82) is 5.26 Å². The number of rotatable bonds is 5. The first kappa shape index (κ1) is 15.3. The first-order valence-electron chi connectivity index (χ1n) is 7.31. The second-order valence-corrected chi connectivity index (χ2v) is 6.02. The molecule has 116 valence electrons. The molecule has 1 N–H and O–H groups in total. The number of aromatic amines is 1. The van der Waals surface area contributed by atoms with Gasteiger partial charge >= 0.3 is 0 Å². The van der Waals surface area contributed by atoms with E-state index < -0.39 is 0 Å². The third-order valence-corrected chi connectivity index (χ3v) is 4.43. The van der Waals surface area contributed by atoms with Crippen LogP contribution in [0, 0.1) is 11.3 Å². The van der Waals surface area contributed by atoms with Crippen molar-refractivity contribution in [3.05, 3.63) is 57.5 Å². The molecule has 2 aromatic heterocycles. The highest BCUT2D eigenvalue weighted by Gasteiger charge is 2.12. The predicted molar refractivity (Wildman–Crippen MR) is 88.3 cm³/mol. The highest BCUT2D eigenvalue weighted by Crippen LogP contribution is 2.24. The van der Waals surface area contributed by atoms with Gasteiger partial charge in [0.25, 0.3) is 5.56 Å². The molecule has 1 aromatic carbocycles. The topological polar surface area (TPSA) is 86.8 Å². The normalized spacial score (nSPS) is 10.8. The number of benzene rings is 1. The number of fused-ring (bicyclic) bond motifs is 1. The SMILES string of the molecule is CCCc1cc(=O)[nH]c2nnc(SCc3ccccc3C#N)n12. The van der Waals surface area contributed by atoms with E-state index in [-0.39, 0.29) is 5.56 Å². The van der Waals surface area contributed by atoms with Crippen molar-refractivity contribution in [3.63, 3.8) is 0 Å². The Hall–Kier alpha value is -2.59. The van der Waals surface area contributed by atoms with E-state index in [9.17, 15) is 4.79 Å². The molecular weight excluding hydrogens is 310 g/mol. The van der Waals surface area contributed by atoms with E-state index in [2.05, 4.69) is 28.2 Å². The lowest BCUT2D eigenvalue weighted by molar-refractivity contribution is 0.800. The van der Waals surface area contributed by atoms with E-state index in [0.29, 0.717) is 22.3 Å². The molecule has 0 amide bonds. The Morgan fingerprint density at radius 2 is 2.17 bits per heavy atom. The smallest absolute Gasteiger partial charge is 0.252 e. The first-order valence-corrected chi connectivity index (χ1v) is 8.29. The molecule has 0 atom stereocenters. The van der Waals surface area contributed by atoms with Crippen molar-refractivity contribution < 1.29 is 0 Å². The second-order valence-electron chi connectivity index (χ2n) is 5.07. The maximum atomic E-state index is 11.7. The van der Waals surface area contributed by atoms with Gasteiger partial charge in [0, 0.05) is 17.5 Å². The van der Waals surface area contributed by atoms with Gasteiger partial charge in [-0.05, 0) is 18.1 Å². The number of hydrogen-bond donors (Lipinski definition) is 1. The molecule has 0 spiro atoms. The standard InChI is InChI=1S/C16H15N5OS/c1-2-5-13-8-14(22)18-15-19-20-16(21(13)15)23-10-12-7-4-3-6-11(12)9-17/h3-4,6-8H,2,5,10H2,1H3,(H,18,19,22). The summed E-state index contributed by atoms with van der Waals surface area (Å²) in [5, 5.41) is 18.1. The Kier molecular flexibility index (Phi) is 4.44. The van der Waals surface area contributed by atoms with Crippen LogP contribution in [0.25, 0.3) is 5.78 Å². The third kappa shape index (κ3) is 3.12. The minimum Gasteiger partial charge on any atom is -0.291 e. The second kappa shape index (κ2) is 6.67. The average molecular weight is 325 g/mol. The number of nitrogens with zero attached hydrogens (tertiary/aromatic N) is 4. The number of nitriles is 1. The molecule has 0 bridgehead atoms. The van der Waals surface area contributed by atoms with Crippen LogP contribution >= 0.6 is 11.8 Å². The summed E-state index contributed by atoms with van der Waals surface area (Å²) in [6.07, 6.45) is 1.71. The van der Waals surface area contributed by atoms with Crippen LogP contribution in [0.5, 0.6) is 0 Å². The summed E-state index contributed by atoms with van der Waals surface area (Å²) < 4.78 is 1.88. The van der Waals surface area contributed by atoms with E-state index >= 15 is 0 Å². The molecule has 0 unspecified atom stereocenters. The van der Waals surface area contributed by atoms with Gasteiger partial charge in [0.15, 0.2) is 5.16 Å². The predicted octanol–water partition coefficient (Wildman–Crippen LogP) is 2.53. The molecule has 0 aliphatic rings. The first-order chi connectivity index (χ1) is 11.2. The van der Waals surface area contributed by atoms with Crippen LogP contribution in [-0.4, -0.2) is 19.6 Å². The van der Waals surface area contributed by atoms with Crippen molar-refractivity contribution in [3.8, 4) is 6.07 Å². The summed E-state index contributed by atoms with van der Waals surface area (Å²) in [6.45, 7) is 2.06. The molecule has 3 aromatic rings. The van der Waals surface area contributed by atoms with Gasteiger partial charge in [-0.2, -0.15) is 5.26 Å². The quantitative estimate of drug-likeness (QED) is 0.728. The number of aromatic nitrogens is 4. The molecule has 0 aliphatic carbocycles. The van der Waals surface area contributed by atoms with Gasteiger partial charge in [-0.25, -0.2) is 0 Å². The lowest BCUT2D eigenvalue weighted by Crippen LogP contribution is -2.11. The van der Waals surface area contributed by atoms with Crippen LogP contribution in [0.2, 0.25) is 0 Å². The van der Waals surface area contributed by atoms with Gasteiger partial charge in [0.05, 0.1) is 11.6 Å². The summed E-state index contributed by atoms with van der Waals surface area (Å²) in [6, 6.07) is 11.3. The molecule has 23 heavy (non-hydrogen) atoms. The molecule has 0 saturated carbocycles. The van der Waals surface area contributed by atoms with Gasteiger partial charge in [0.1, 0.15) is 0 Å². The van der Waals surface area contributed by atoms with Crippen LogP contribution in [0.3, 0.4) is 0 Å². The maximum Gasteiger partial charge on any atom is 0.252 e. The number of hydrogen-bond acceptors (Lipinski definition) is 5. The Morgan fingerprint density at radius 3 is 2.96 bits per heavy atom. The monoisotopic (exact) mass is 325 g/mol. The molecule has 2 heterocycles. The zero-order valence-corrected chi connectivity index (χ0v) is 13.4. The van der Waals surface area contributed by atoms with Crippen LogP contribution in [0.4, 0.5) is 0 Å². The van der Waals surface area contributed by atoms with Crippen molar-refractivity contribution in [2.75, 3.05) is 0 Å². The third-order valence-electron chi connectivity index (χ3n) is 3.45. The minimum absolute atomic E-state index is 0.167. The summed E-state index contributed by atoms with van der Waals surface area (Å²) in [7, 11) is 0. The van der Waals surface area contributed by atoms with Crippen LogP contribution in [0.15, 0.2) is 40.3 Å². The number of H-pyrrole nitrogens is 1. The van der Waals surface area contributed by atoms with Crippen molar-refractivity contribution in [1.82, 2.24) is 19.6 Å². The van der Waals surface area contributed by atoms with E-state index in [0.717, 1.165) is 24.1 Å². The van der Waals surface area contributed by atoms with Gasteiger partial charge < -0.3 is 0 Å². The minimum atomic E-state index is -0.167. The molecule has 6 nitrogen and oxygen atoms in total. The summed E-state index contributed by atoms with van der Waals surface area (Å²) in [4.78, 5) is 14.4. The largest absolute Gasteiger partial charge is 0.291 e. The van der Waals surface area contributed by atoms with Crippen LogP contribution in [0.1, 0.15) is 30.2 Å². The summed E-state index contributed by atoms with van der Waals surface area (Å²) >= 11 is 1.50. The van der Waals surface area contributed by atoms with Crippen LogP contribution < -0.4 is 5.56 Å². The fraction of sp³-hybridized carbons (Fsp3) is 0.250. The summed E-state index contributed by atoms with van der Waals surface area (Å²) in [5.41, 5.74) is 2.35. The number of aryl methyl sites for hydroxylation is 1. The molecule has 0 saturated heterocycles. The fourth-order valence-corrected chi connectivity index (χ4v) is 3.37. The molecular formula is C16H15N5OS. The van der Waals surface area contributed by atoms with Gasteiger partial charge in [-0.3, -0.25) is 14.2 Å². The van der Waals surface area contributed by atoms with Crippen molar-refractivity contribution in [2.24, 2.45) is 0 Å². The molecule has 0 radical (unpaired) electrons. The molecule has 0 aliphatic heterocycles. The Bertz CT molecular complexity index is 938. The van der Waals surface area contributed by atoms with E-state index in [1.165, 1.54) is 11.8 Å². The van der Waals surface area contributed by atoms with Gasteiger partial charge in [0.2, 0.25) is 5.78 Å². The molecule has 3 rings (SSSR count). The Balaban J connectivity index is 1.95. The average Bonchev–Trinajstić information content (AvgIpc) is 2.96. The van der Waals surface area contributed by atoms with Crippen molar-refractivity contribution in [2.45, 2.75) is 30.7 Å². The highest BCUT2D eigenvalue weighted by molar-refractivity contribution is 7.98. The lowest BCUT2D eigenvalue weighted by Gasteiger charge is -2.06. The van der Waals surface area contributed by atoms with Gasteiger partial charge in [-0.15, -0.1) is 10.2 Å². The van der Waals surface area contributed by atoms with Crippen molar-refractivity contribution >= 4 is 17.5 Å². The van der Waals surface area contributed by atoms with E-state index in [4.69, 9.17) is 5.26 Å². The van der Waals surface area contributed by atoms with E-state index in [1.54, 1.807) is 12.1 Å². The summed E-state index contributed by atoms with van der Waals surface area (Å²) in [5.74, 6) is 1.08. The number of thioether (sulfide) groups is 1. The molecule has 7 heteroatoms. The Morgan fingerprint density at radius 1 is 1.35 bits per heavy atom. The van der Waals surface area contributed by atoms with Gasteiger partial charge in [-0.1, -0.05) is 43.3 Å².